The van der Waals surface area contributed by atoms with Gasteiger partial charge in [-0.2, -0.15) is 0 Å². The fourth-order valence-corrected chi connectivity index (χ4v) is 2.66. The Balaban J connectivity index is 1.67. The van der Waals surface area contributed by atoms with Gasteiger partial charge in [-0.15, -0.1) is 0 Å². The average Bonchev–Trinajstić information content (AvgIpc) is 2.96. The molecule has 1 fully saturated rings. The van der Waals surface area contributed by atoms with Crippen molar-refractivity contribution in [1.82, 2.24) is 4.90 Å². The molecule has 0 bridgehead atoms. The lowest BCUT2D eigenvalue weighted by molar-refractivity contribution is 0.331. The van der Waals surface area contributed by atoms with Gasteiger partial charge in [-0.3, -0.25) is 4.99 Å². The van der Waals surface area contributed by atoms with E-state index in [1.807, 2.05) is 6.07 Å². The van der Waals surface area contributed by atoms with Crippen LogP contribution < -0.4 is 11.1 Å². The second-order valence-corrected chi connectivity index (χ2v) is 5.95. The fourth-order valence-electron chi connectivity index (χ4n) is 2.66. The summed E-state index contributed by atoms with van der Waals surface area (Å²) in [6.07, 6.45) is 5.04. The molecule has 1 aliphatic heterocycles. The standard InChI is InChI=1S/C17H28N4/c1-14-7-8-16(13-15(14)2)20-17(18)19-9-3-4-10-21-11-5-6-12-21/h7-8,13H,3-6,9-12H2,1-2H3,(H3,18,19,20). The van der Waals surface area contributed by atoms with E-state index in [4.69, 9.17) is 5.73 Å². The molecule has 3 N–H and O–H groups in total. The highest BCUT2D eigenvalue weighted by Gasteiger charge is 2.09. The summed E-state index contributed by atoms with van der Waals surface area (Å²) >= 11 is 0. The van der Waals surface area contributed by atoms with Crippen molar-refractivity contribution in [2.24, 2.45) is 10.7 Å². The van der Waals surface area contributed by atoms with Gasteiger partial charge in [0.2, 0.25) is 0 Å². The van der Waals surface area contributed by atoms with Gasteiger partial charge >= 0.3 is 0 Å². The summed E-state index contributed by atoms with van der Waals surface area (Å²) in [7, 11) is 0. The Morgan fingerprint density at radius 2 is 1.95 bits per heavy atom. The van der Waals surface area contributed by atoms with E-state index in [2.05, 4.69) is 41.2 Å². The number of anilines is 1. The zero-order valence-corrected chi connectivity index (χ0v) is 13.4. The van der Waals surface area contributed by atoms with Crippen molar-refractivity contribution in [1.29, 1.82) is 0 Å². The van der Waals surface area contributed by atoms with Gasteiger partial charge < -0.3 is 16.0 Å². The Hall–Kier alpha value is -1.55. The summed E-state index contributed by atoms with van der Waals surface area (Å²) in [5.74, 6) is 0.513. The van der Waals surface area contributed by atoms with Crippen LogP contribution in [0.5, 0.6) is 0 Å². The van der Waals surface area contributed by atoms with Crippen molar-refractivity contribution in [2.45, 2.75) is 39.5 Å². The molecule has 1 saturated heterocycles. The first-order chi connectivity index (χ1) is 10.1. The van der Waals surface area contributed by atoms with E-state index in [1.165, 1.54) is 50.0 Å². The number of aryl methyl sites for hydroxylation is 2. The van der Waals surface area contributed by atoms with Crippen molar-refractivity contribution in [3.63, 3.8) is 0 Å². The molecule has 0 unspecified atom stereocenters. The molecule has 0 aliphatic carbocycles. The van der Waals surface area contributed by atoms with Gasteiger partial charge in [0.05, 0.1) is 0 Å². The maximum atomic E-state index is 5.93. The number of hydrogen-bond donors (Lipinski definition) is 2. The van der Waals surface area contributed by atoms with Crippen LogP contribution in [-0.2, 0) is 0 Å². The monoisotopic (exact) mass is 288 g/mol. The summed E-state index contributed by atoms with van der Waals surface area (Å²) in [6.45, 7) is 8.78. The van der Waals surface area contributed by atoms with Crippen LogP contribution in [0.3, 0.4) is 0 Å². The molecule has 2 rings (SSSR count). The molecule has 0 radical (unpaired) electrons. The molecule has 1 aromatic carbocycles. The van der Waals surface area contributed by atoms with Crippen LogP contribution in [-0.4, -0.2) is 37.0 Å². The minimum Gasteiger partial charge on any atom is -0.370 e. The number of aliphatic imine (C=N–C) groups is 1. The lowest BCUT2D eigenvalue weighted by Gasteiger charge is -2.13. The largest absolute Gasteiger partial charge is 0.370 e. The Kier molecular flexibility index (Phi) is 6.05. The Morgan fingerprint density at radius 1 is 1.19 bits per heavy atom. The van der Waals surface area contributed by atoms with Crippen LogP contribution in [0.4, 0.5) is 5.69 Å². The maximum Gasteiger partial charge on any atom is 0.193 e. The summed E-state index contributed by atoms with van der Waals surface area (Å²) in [5, 5.41) is 3.16. The summed E-state index contributed by atoms with van der Waals surface area (Å²) in [5.41, 5.74) is 9.49. The van der Waals surface area contributed by atoms with Crippen LogP contribution in [0.2, 0.25) is 0 Å². The van der Waals surface area contributed by atoms with Crippen molar-refractivity contribution >= 4 is 11.6 Å². The van der Waals surface area contributed by atoms with E-state index in [-0.39, 0.29) is 0 Å². The summed E-state index contributed by atoms with van der Waals surface area (Å²) in [4.78, 5) is 6.94. The number of unbranched alkanes of at least 4 members (excludes halogenated alkanes) is 1. The van der Waals surface area contributed by atoms with E-state index in [1.54, 1.807) is 0 Å². The number of nitrogens with zero attached hydrogens (tertiary/aromatic N) is 2. The molecule has 0 saturated carbocycles. The minimum absolute atomic E-state index is 0.513. The van der Waals surface area contributed by atoms with Gasteiger partial charge in [-0.25, -0.2) is 0 Å². The third-order valence-electron chi connectivity index (χ3n) is 4.14. The number of likely N-dealkylation sites (tertiary alicyclic amines) is 1. The molecule has 0 aromatic heterocycles. The average molecular weight is 288 g/mol. The number of guanidine groups is 1. The highest BCUT2D eigenvalue weighted by Crippen LogP contribution is 2.13. The normalized spacial score (nSPS) is 16.4. The van der Waals surface area contributed by atoms with E-state index < -0.39 is 0 Å². The zero-order chi connectivity index (χ0) is 15.1. The molecule has 116 valence electrons. The molecule has 1 aromatic rings. The molecular formula is C17H28N4. The van der Waals surface area contributed by atoms with Crippen LogP contribution in [0.15, 0.2) is 23.2 Å². The van der Waals surface area contributed by atoms with E-state index in [0.29, 0.717) is 5.96 Å². The van der Waals surface area contributed by atoms with Gasteiger partial charge in [0, 0.05) is 12.2 Å². The fraction of sp³-hybridized carbons (Fsp3) is 0.588. The van der Waals surface area contributed by atoms with Crippen LogP contribution in [0.1, 0.15) is 36.8 Å². The van der Waals surface area contributed by atoms with Crippen molar-refractivity contribution in [3.8, 4) is 0 Å². The smallest absolute Gasteiger partial charge is 0.193 e. The van der Waals surface area contributed by atoms with Gasteiger partial charge in [0.25, 0.3) is 0 Å². The summed E-state index contributed by atoms with van der Waals surface area (Å²) in [6, 6.07) is 6.24. The zero-order valence-electron chi connectivity index (χ0n) is 13.4. The quantitative estimate of drug-likeness (QED) is 0.481. The first-order valence-electron chi connectivity index (χ1n) is 8.02. The van der Waals surface area contributed by atoms with Crippen LogP contribution in [0.25, 0.3) is 0 Å². The SMILES string of the molecule is Cc1ccc(NC(N)=NCCCCN2CCCC2)cc1C. The van der Waals surface area contributed by atoms with Crippen molar-refractivity contribution < 1.29 is 0 Å². The first kappa shape index (κ1) is 15.8. The van der Waals surface area contributed by atoms with Gasteiger partial charge in [-0.1, -0.05) is 6.07 Å². The molecule has 21 heavy (non-hydrogen) atoms. The lowest BCUT2D eigenvalue weighted by Crippen LogP contribution is -2.23. The second kappa shape index (κ2) is 8.03. The minimum atomic E-state index is 0.513. The maximum absolute atomic E-state index is 5.93. The number of benzene rings is 1. The predicted molar refractivity (Wildman–Crippen MR) is 90.9 cm³/mol. The molecule has 0 amide bonds. The number of hydrogen-bond acceptors (Lipinski definition) is 2. The lowest BCUT2D eigenvalue weighted by atomic mass is 10.1. The molecule has 1 aliphatic rings. The van der Waals surface area contributed by atoms with Crippen molar-refractivity contribution in [3.05, 3.63) is 29.3 Å². The van der Waals surface area contributed by atoms with Crippen LogP contribution >= 0.6 is 0 Å². The number of rotatable bonds is 6. The number of nitrogens with two attached hydrogens (primary N) is 1. The van der Waals surface area contributed by atoms with E-state index >= 15 is 0 Å². The van der Waals surface area contributed by atoms with Crippen LogP contribution in [0, 0.1) is 13.8 Å². The third-order valence-corrected chi connectivity index (χ3v) is 4.14. The highest BCUT2D eigenvalue weighted by atomic mass is 15.1. The Labute approximate surface area is 128 Å². The van der Waals surface area contributed by atoms with Crippen molar-refractivity contribution in [2.75, 3.05) is 31.5 Å². The topological polar surface area (TPSA) is 53.6 Å². The first-order valence-corrected chi connectivity index (χ1v) is 8.02. The third kappa shape index (κ3) is 5.38. The second-order valence-electron chi connectivity index (χ2n) is 5.95. The summed E-state index contributed by atoms with van der Waals surface area (Å²) < 4.78 is 0. The molecule has 0 atom stereocenters. The molecule has 0 spiro atoms. The van der Waals surface area contributed by atoms with Gasteiger partial charge in [-0.05, 0) is 82.4 Å². The molecular weight excluding hydrogens is 260 g/mol. The Bertz CT molecular complexity index is 476. The highest BCUT2D eigenvalue weighted by molar-refractivity contribution is 5.92. The Morgan fingerprint density at radius 3 is 2.67 bits per heavy atom. The number of nitrogens with one attached hydrogen (secondary N) is 1. The molecule has 4 nitrogen and oxygen atoms in total. The molecule has 1 heterocycles. The van der Waals surface area contributed by atoms with E-state index in [0.717, 1.165) is 18.7 Å². The van der Waals surface area contributed by atoms with E-state index in [9.17, 15) is 0 Å². The van der Waals surface area contributed by atoms with Gasteiger partial charge in [0.1, 0.15) is 0 Å². The molecule has 4 heteroatoms. The van der Waals surface area contributed by atoms with Gasteiger partial charge in [0.15, 0.2) is 5.96 Å². The predicted octanol–water partition coefficient (Wildman–Crippen LogP) is 2.91.